The highest BCUT2D eigenvalue weighted by Gasteiger charge is 2.36. The summed E-state index contributed by atoms with van der Waals surface area (Å²) >= 11 is 0. The maximum Gasteiger partial charge on any atom is 0.231 e. The Labute approximate surface area is 152 Å². The molecule has 0 saturated heterocycles. The fourth-order valence-electron chi connectivity index (χ4n) is 3.45. The third kappa shape index (κ3) is 2.62. The summed E-state index contributed by atoms with van der Waals surface area (Å²) in [5.74, 6) is 0.225. The minimum Gasteiger partial charge on any atom is -0.369 e. The highest BCUT2D eigenvalue weighted by Crippen LogP contribution is 2.36. The Kier molecular flexibility index (Phi) is 3.72. The van der Waals surface area contributed by atoms with Gasteiger partial charge < -0.3 is 5.73 Å². The van der Waals surface area contributed by atoms with E-state index in [1.807, 2.05) is 37.3 Å². The molecule has 0 spiro atoms. The maximum atomic E-state index is 12.3. The van der Waals surface area contributed by atoms with Crippen LogP contribution in [0.4, 0.5) is 0 Å². The molecular weight excluding hydrogens is 324 g/mol. The number of carbonyl (C=O) groups excluding carboxylic acids is 1. The van der Waals surface area contributed by atoms with Gasteiger partial charge in [0.25, 0.3) is 0 Å². The normalized spacial score (nSPS) is 20.3. The predicted molar refractivity (Wildman–Crippen MR) is 104 cm³/mol. The zero-order valence-corrected chi connectivity index (χ0v) is 14.8. The second kappa shape index (κ2) is 5.95. The van der Waals surface area contributed by atoms with Crippen LogP contribution < -0.4 is 5.73 Å². The van der Waals surface area contributed by atoms with E-state index in [9.17, 15) is 4.79 Å². The largest absolute Gasteiger partial charge is 0.369 e. The molecule has 1 aliphatic rings. The van der Waals surface area contributed by atoms with Crippen LogP contribution in [0.15, 0.2) is 65.8 Å². The van der Waals surface area contributed by atoms with Crippen LogP contribution in [0.25, 0.3) is 22.0 Å². The number of aliphatic imine (C=N–C) groups is 1. The number of benzene rings is 2. The number of fused-ring (bicyclic) bond motifs is 1. The molecule has 2 N–H and O–H groups in total. The third-order valence-electron chi connectivity index (χ3n) is 5.02. The number of pyridine rings is 1. The van der Waals surface area contributed by atoms with Crippen molar-refractivity contribution in [2.24, 2.45) is 10.7 Å². The summed E-state index contributed by atoms with van der Waals surface area (Å²) in [5, 5.41) is 1.10. The molecule has 0 bridgehead atoms. The molecular formula is C21H20N4O. The second-order valence-corrected chi connectivity index (χ2v) is 6.83. The first kappa shape index (κ1) is 16.3. The van der Waals surface area contributed by atoms with Crippen molar-refractivity contribution in [1.82, 2.24) is 9.88 Å². The first-order valence-corrected chi connectivity index (χ1v) is 8.54. The molecule has 2 heterocycles. The van der Waals surface area contributed by atoms with E-state index >= 15 is 0 Å². The minimum atomic E-state index is -0.660. The predicted octanol–water partition coefficient (Wildman–Crippen LogP) is 3.29. The monoisotopic (exact) mass is 344 g/mol. The number of hydrogen-bond donors (Lipinski definition) is 1. The number of hydrogen-bond acceptors (Lipinski definition) is 4. The minimum absolute atomic E-state index is 0.0280. The van der Waals surface area contributed by atoms with E-state index in [4.69, 9.17) is 5.73 Å². The van der Waals surface area contributed by atoms with Crippen LogP contribution in [-0.4, -0.2) is 28.8 Å². The molecule has 5 heteroatoms. The van der Waals surface area contributed by atoms with E-state index in [1.165, 1.54) is 4.90 Å². The van der Waals surface area contributed by atoms with Crippen LogP contribution in [0.1, 0.15) is 18.9 Å². The van der Waals surface area contributed by atoms with Crippen molar-refractivity contribution in [3.05, 3.63) is 66.4 Å². The number of amides is 1. The lowest BCUT2D eigenvalue weighted by atomic mass is 9.85. The summed E-state index contributed by atoms with van der Waals surface area (Å²) in [6.07, 6.45) is 2.09. The van der Waals surface area contributed by atoms with Gasteiger partial charge in [-0.1, -0.05) is 36.4 Å². The number of carbonyl (C=O) groups is 1. The number of guanidine groups is 1. The number of aromatic nitrogens is 1. The SMILES string of the molecule is CN1C(=O)CC(C)(c2cccc(-c3cccc4ncccc34)c2)N=C1N. The molecule has 0 fully saturated rings. The van der Waals surface area contributed by atoms with Crippen molar-refractivity contribution >= 4 is 22.8 Å². The lowest BCUT2D eigenvalue weighted by Gasteiger charge is -2.33. The molecule has 26 heavy (non-hydrogen) atoms. The van der Waals surface area contributed by atoms with E-state index in [0.717, 1.165) is 27.6 Å². The van der Waals surface area contributed by atoms with Crippen molar-refractivity contribution in [3.8, 4) is 11.1 Å². The standard InChI is InChI=1S/C21H20N4O/c1-21(13-19(26)25(2)20(22)24-21)15-7-3-6-14(12-15)16-8-4-10-18-17(16)9-5-11-23-18/h3-12H,13H2,1-2H3,(H2,22,24). The Balaban J connectivity index is 1.84. The van der Waals surface area contributed by atoms with Crippen LogP contribution in [-0.2, 0) is 10.3 Å². The van der Waals surface area contributed by atoms with Crippen molar-refractivity contribution in [1.29, 1.82) is 0 Å². The first-order valence-electron chi connectivity index (χ1n) is 8.54. The number of rotatable bonds is 2. The Hall–Kier alpha value is -3.21. The van der Waals surface area contributed by atoms with Gasteiger partial charge in [0, 0.05) is 18.6 Å². The maximum absolute atomic E-state index is 12.3. The number of nitrogens with two attached hydrogens (primary N) is 1. The van der Waals surface area contributed by atoms with Gasteiger partial charge in [-0.05, 0) is 41.8 Å². The van der Waals surface area contributed by atoms with Crippen molar-refractivity contribution in [2.45, 2.75) is 18.9 Å². The fourth-order valence-corrected chi connectivity index (χ4v) is 3.45. The molecule has 5 nitrogen and oxygen atoms in total. The quantitative estimate of drug-likeness (QED) is 0.775. The van der Waals surface area contributed by atoms with Crippen LogP contribution in [0.5, 0.6) is 0 Å². The highest BCUT2D eigenvalue weighted by atomic mass is 16.2. The number of nitrogens with zero attached hydrogens (tertiary/aromatic N) is 3. The van der Waals surface area contributed by atoms with Crippen molar-refractivity contribution in [2.75, 3.05) is 7.05 Å². The Morgan fingerprint density at radius 3 is 2.73 bits per heavy atom. The smallest absolute Gasteiger partial charge is 0.231 e. The molecule has 1 aliphatic heterocycles. The van der Waals surface area contributed by atoms with Gasteiger partial charge in [-0.2, -0.15) is 0 Å². The van der Waals surface area contributed by atoms with Gasteiger partial charge in [0.2, 0.25) is 5.91 Å². The molecule has 130 valence electrons. The molecule has 1 unspecified atom stereocenters. The van der Waals surface area contributed by atoms with E-state index in [-0.39, 0.29) is 11.9 Å². The zero-order valence-electron chi connectivity index (χ0n) is 14.8. The topological polar surface area (TPSA) is 71.6 Å². The summed E-state index contributed by atoms with van der Waals surface area (Å²) in [4.78, 5) is 22.7. The molecule has 4 rings (SSSR count). The van der Waals surface area contributed by atoms with Gasteiger partial charge >= 0.3 is 0 Å². The highest BCUT2D eigenvalue weighted by molar-refractivity contribution is 5.99. The Bertz CT molecular complexity index is 1040. The lowest BCUT2D eigenvalue weighted by Crippen LogP contribution is -2.47. The van der Waals surface area contributed by atoms with Crippen LogP contribution in [0.2, 0.25) is 0 Å². The summed E-state index contributed by atoms with van der Waals surface area (Å²) in [7, 11) is 1.65. The summed E-state index contributed by atoms with van der Waals surface area (Å²) in [5.41, 5.74) is 9.40. The molecule has 0 aliphatic carbocycles. The van der Waals surface area contributed by atoms with Gasteiger partial charge in [0.05, 0.1) is 17.5 Å². The van der Waals surface area contributed by atoms with Crippen LogP contribution >= 0.6 is 0 Å². The van der Waals surface area contributed by atoms with E-state index in [0.29, 0.717) is 6.42 Å². The summed E-state index contributed by atoms with van der Waals surface area (Å²) in [6, 6.07) is 18.3. The van der Waals surface area contributed by atoms with Gasteiger partial charge in [-0.3, -0.25) is 14.7 Å². The fraction of sp³-hybridized carbons (Fsp3) is 0.190. The van der Waals surface area contributed by atoms with Crippen molar-refractivity contribution < 1.29 is 4.79 Å². The average Bonchev–Trinajstić information content (AvgIpc) is 2.66. The Morgan fingerprint density at radius 2 is 1.92 bits per heavy atom. The van der Waals surface area contributed by atoms with Gasteiger partial charge in [0.1, 0.15) is 0 Å². The first-order chi connectivity index (χ1) is 12.5. The third-order valence-corrected chi connectivity index (χ3v) is 5.02. The van der Waals surface area contributed by atoms with Crippen LogP contribution in [0, 0.1) is 0 Å². The van der Waals surface area contributed by atoms with Gasteiger partial charge in [0.15, 0.2) is 5.96 Å². The summed E-state index contributed by atoms with van der Waals surface area (Å²) < 4.78 is 0. The van der Waals surface area contributed by atoms with Gasteiger partial charge in [-0.25, -0.2) is 4.99 Å². The Morgan fingerprint density at radius 1 is 1.12 bits per heavy atom. The van der Waals surface area contributed by atoms with Crippen LogP contribution in [0.3, 0.4) is 0 Å². The van der Waals surface area contributed by atoms with E-state index in [2.05, 4.69) is 34.2 Å². The summed E-state index contributed by atoms with van der Waals surface area (Å²) in [6.45, 7) is 1.95. The molecule has 0 radical (unpaired) electrons. The van der Waals surface area contributed by atoms with Crippen molar-refractivity contribution in [3.63, 3.8) is 0 Å². The van der Waals surface area contributed by atoms with E-state index in [1.54, 1.807) is 13.2 Å². The van der Waals surface area contributed by atoms with Gasteiger partial charge in [-0.15, -0.1) is 0 Å². The molecule has 1 amide bonds. The zero-order chi connectivity index (χ0) is 18.3. The molecule has 2 aromatic carbocycles. The average molecular weight is 344 g/mol. The molecule has 3 aromatic rings. The molecule has 1 aromatic heterocycles. The lowest BCUT2D eigenvalue weighted by molar-refractivity contribution is -0.128. The van der Waals surface area contributed by atoms with E-state index < -0.39 is 5.54 Å². The molecule has 0 saturated carbocycles. The molecule has 1 atom stereocenters. The second-order valence-electron chi connectivity index (χ2n) is 6.83.